The van der Waals surface area contributed by atoms with Gasteiger partial charge in [0.25, 0.3) is 0 Å². The second kappa shape index (κ2) is 14.3. The quantitative estimate of drug-likeness (QED) is 0.377. The zero-order valence-electron chi connectivity index (χ0n) is 18.0. The first kappa shape index (κ1) is 25.4. The van der Waals surface area contributed by atoms with Crippen LogP contribution in [-0.4, -0.2) is 86.1 Å². The van der Waals surface area contributed by atoms with Crippen LogP contribution in [-0.2, 0) is 33.3 Å². The molecule has 10 nitrogen and oxygen atoms in total. The number of esters is 2. The summed E-state index contributed by atoms with van der Waals surface area (Å²) in [5.74, 6) is -1.56. The van der Waals surface area contributed by atoms with Crippen molar-refractivity contribution in [3.8, 4) is 0 Å². The Bertz CT molecular complexity index is 606. The molecule has 0 aromatic heterocycles. The van der Waals surface area contributed by atoms with E-state index < -0.39 is 30.0 Å². The molecule has 1 saturated carbocycles. The average Bonchev–Trinajstić information content (AvgIpc) is 2.77. The summed E-state index contributed by atoms with van der Waals surface area (Å²) in [6.07, 6.45) is 4.73. The van der Waals surface area contributed by atoms with Gasteiger partial charge in [-0.05, 0) is 24.6 Å². The summed E-state index contributed by atoms with van der Waals surface area (Å²) in [5, 5.41) is 1.78. The van der Waals surface area contributed by atoms with Gasteiger partial charge in [0, 0.05) is 32.3 Å². The van der Waals surface area contributed by atoms with Gasteiger partial charge in [-0.3, -0.25) is 14.5 Å². The van der Waals surface area contributed by atoms with E-state index in [9.17, 15) is 19.2 Å². The molecule has 1 aliphatic heterocycles. The van der Waals surface area contributed by atoms with Gasteiger partial charge < -0.3 is 24.3 Å². The van der Waals surface area contributed by atoms with Crippen LogP contribution in [0.5, 0.6) is 0 Å². The van der Waals surface area contributed by atoms with Crippen LogP contribution in [0.1, 0.15) is 39.0 Å². The Balaban J connectivity index is 1.65. The Kier molecular flexibility index (Phi) is 11.7. The van der Waals surface area contributed by atoms with Crippen molar-refractivity contribution in [1.82, 2.24) is 10.2 Å². The lowest BCUT2D eigenvalue weighted by Crippen LogP contribution is -2.44. The number of nitrogens with zero attached hydrogens (tertiary/aromatic N) is 1. The van der Waals surface area contributed by atoms with Crippen LogP contribution in [0.15, 0.2) is 0 Å². The van der Waals surface area contributed by atoms with Crippen molar-refractivity contribution in [1.29, 1.82) is 0 Å². The summed E-state index contributed by atoms with van der Waals surface area (Å²) in [4.78, 5) is 49.6. The summed E-state index contributed by atoms with van der Waals surface area (Å²) in [7, 11) is 0. The van der Waals surface area contributed by atoms with E-state index in [2.05, 4.69) is 10.2 Å². The van der Waals surface area contributed by atoms with E-state index in [0.29, 0.717) is 31.5 Å². The monoisotopic (exact) mass is 460 g/mol. The van der Waals surface area contributed by atoms with E-state index in [1.165, 1.54) is 6.92 Å². The maximum absolute atomic E-state index is 12.3. The van der Waals surface area contributed by atoms with E-state index in [4.69, 9.17) is 18.9 Å². The molecule has 2 fully saturated rings. The van der Waals surface area contributed by atoms with Crippen LogP contribution in [0, 0.1) is 5.92 Å². The average molecular weight is 461 g/mol. The highest BCUT2D eigenvalue weighted by molar-refractivity contribution is 8.13. The molecule has 1 saturated heterocycles. The van der Waals surface area contributed by atoms with Crippen LogP contribution in [0.4, 0.5) is 4.79 Å². The van der Waals surface area contributed by atoms with Crippen molar-refractivity contribution >= 4 is 34.9 Å². The Morgan fingerprint density at radius 2 is 1.77 bits per heavy atom. The van der Waals surface area contributed by atoms with Gasteiger partial charge >= 0.3 is 17.2 Å². The van der Waals surface area contributed by atoms with Gasteiger partial charge in [-0.2, -0.15) is 0 Å². The van der Waals surface area contributed by atoms with Gasteiger partial charge in [0.05, 0.1) is 19.1 Å². The third-order valence-corrected chi connectivity index (χ3v) is 5.96. The van der Waals surface area contributed by atoms with Crippen LogP contribution in [0.3, 0.4) is 0 Å². The first-order valence-electron chi connectivity index (χ1n) is 10.7. The molecule has 1 amide bonds. The van der Waals surface area contributed by atoms with Crippen LogP contribution in [0.25, 0.3) is 0 Å². The standard InChI is InChI=1S/C20H32N2O8S/c1-15(23)21-17(19(25)28-12-9-22-7-10-27-11-8-22)13-31-20(26)30-14-29-18(24)16-5-3-2-4-6-16/h16-17H,2-14H2,1H3,(H,21,23)/t17-/m0/s1. The predicted octanol–water partition coefficient (Wildman–Crippen LogP) is 1.32. The Morgan fingerprint density at radius 3 is 2.45 bits per heavy atom. The molecule has 0 aromatic rings. The van der Waals surface area contributed by atoms with Crippen molar-refractivity contribution in [2.45, 2.75) is 45.1 Å². The number of hydrogen-bond acceptors (Lipinski definition) is 10. The summed E-state index contributed by atoms with van der Waals surface area (Å²) in [6, 6.07) is -0.982. The summed E-state index contributed by atoms with van der Waals surface area (Å²) in [6.45, 7) is 4.43. The first-order valence-corrected chi connectivity index (χ1v) is 11.6. The topological polar surface area (TPSA) is 120 Å². The second-order valence-corrected chi connectivity index (χ2v) is 8.45. The normalized spacial score (nSPS) is 18.6. The van der Waals surface area contributed by atoms with Gasteiger partial charge in [-0.25, -0.2) is 9.59 Å². The number of ether oxygens (including phenoxy) is 4. The summed E-state index contributed by atoms with van der Waals surface area (Å²) >= 11 is 0.709. The maximum atomic E-state index is 12.3. The van der Waals surface area contributed by atoms with E-state index in [1.54, 1.807) is 0 Å². The van der Waals surface area contributed by atoms with Crippen molar-refractivity contribution in [2.75, 3.05) is 52.0 Å². The van der Waals surface area contributed by atoms with Crippen molar-refractivity contribution in [3.63, 3.8) is 0 Å². The minimum atomic E-state index is -0.982. The fourth-order valence-corrected chi connectivity index (χ4v) is 4.05. The van der Waals surface area contributed by atoms with Gasteiger partial charge in [0.1, 0.15) is 12.6 Å². The first-order chi connectivity index (χ1) is 15.0. The molecule has 2 rings (SSSR count). The molecule has 0 spiro atoms. The molecule has 0 radical (unpaired) electrons. The zero-order valence-corrected chi connectivity index (χ0v) is 18.8. The lowest BCUT2D eigenvalue weighted by Gasteiger charge is -2.26. The van der Waals surface area contributed by atoms with E-state index in [-0.39, 0.29) is 24.2 Å². The van der Waals surface area contributed by atoms with Gasteiger partial charge in [-0.1, -0.05) is 19.3 Å². The third-order valence-electron chi connectivity index (χ3n) is 5.10. The fraction of sp³-hybridized carbons (Fsp3) is 0.800. The molecule has 2 aliphatic rings. The van der Waals surface area contributed by atoms with Crippen LogP contribution in [0.2, 0.25) is 0 Å². The SMILES string of the molecule is CC(=O)N[C@@H](CSC(=O)OCOC(=O)C1CCCCC1)C(=O)OCCN1CCOCC1. The van der Waals surface area contributed by atoms with E-state index >= 15 is 0 Å². The number of thioether (sulfide) groups is 1. The fourth-order valence-electron chi connectivity index (χ4n) is 3.40. The van der Waals surface area contributed by atoms with Gasteiger partial charge in [0.2, 0.25) is 12.7 Å². The molecular weight excluding hydrogens is 428 g/mol. The Labute approximate surface area is 186 Å². The lowest BCUT2D eigenvalue weighted by molar-refractivity contribution is -0.157. The molecule has 0 bridgehead atoms. The number of nitrogens with one attached hydrogen (secondary N) is 1. The summed E-state index contributed by atoms with van der Waals surface area (Å²) < 4.78 is 20.4. The lowest BCUT2D eigenvalue weighted by atomic mass is 9.89. The number of hydrogen-bond donors (Lipinski definition) is 1. The highest BCUT2D eigenvalue weighted by atomic mass is 32.2. The molecule has 1 heterocycles. The van der Waals surface area contributed by atoms with Crippen molar-refractivity contribution < 1.29 is 38.1 Å². The molecule has 0 unspecified atom stereocenters. The minimum absolute atomic E-state index is 0.0502. The van der Waals surface area contributed by atoms with E-state index in [1.807, 2.05) is 0 Å². The highest BCUT2D eigenvalue weighted by Gasteiger charge is 2.25. The molecule has 176 valence electrons. The Morgan fingerprint density at radius 1 is 1.06 bits per heavy atom. The number of amides is 1. The largest absolute Gasteiger partial charge is 0.463 e. The molecule has 31 heavy (non-hydrogen) atoms. The number of rotatable bonds is 10. The van der Waals surface area contributed by atoms with Gasteiger partial charge in [-0.15, -0.1) is 0 Å². The van der Waals surface area contributed by atoms with Crippen LogP contribution < -0.4 is 5.32 Å². The van der Waals surface area contributed by atoms with E-state index in [0.717, 1.165) is 45.2 Å². The molecular formula is C20H32N2O8S. The smallest absolute Gasteiger partial charge is 0.370 e. The highest BCUT2D eigenvalue weighted by Crippen LogP contribution is 2.24. The predicted molar refractivity (Wildman–Crippen MR) is 112 cm³/mol. The third kappa shape index (κ3) is 10.3. The van der Waals surface area contributed by atoms with Crippen molar-refractivity contribution in [3.05, 3.63) is 0 Å². The second-order valence-electron chi connectivity index (χ2n) is 7.50. The maximum Gasteiger partial charge on any atom is 0.370 e. The van der Waals surface area contributed by atoms with Gasteiger partial charge in [0.15, 0.2) is 0 Å². The molecule has 1 N–H and O–H groups in total. The summed E-state index contributed by atoms with van der Waals surface area (Å²) in [5.41, 5.74) is 0. The zero-order chi connectivity index (χ0) is 22.5. The molecule has 11 heteroatoms. The number of carbonyl (C=O) groups is 4. The number of carbonyl (C=O) groups excluding carboxylic acids is 4. The minimum Gasteiger partial charge on any atom is -0.463 e. The Hall–Kier alpha value is -1.85. The van der Waals surface area contributed by atoms with Crippen molar-refractivity contribution in [2.24, 2.45) is 5.92 Å². The molecule has 1 atom stereocenters. The van der Waals surface area contributed by atoms with Crippen LogP contribution >= 0.6 is 11.8 Å². The number of morpholine rings is 1. The molecule has 0 aromatic carbocycles. The molecule has 1 aliphatic carbocycles.